The Labute approximate surface area is 460 Å². The monoisotopic (exact) mass is 1090 g/mol. The smallest absolute Gasteiger partial charge is 0.246 e. The number of ether oxygens (including phenoxy) is 3. The average Bonchev–Trinajstić information content (AvgIpc) is 4.13. The molecular formula is C57H76N10O8S2. The van der Waals surface area contributed by atoms with Gasteiger partial charge < -0.3 is 55.3 Å². The Balaban J connectivity index is 0.724. The molecule has 77 heavy (non-hydrogen) atoms. The van der Waals surface area contributed by atoms with Gasteiger partial charge in [0.1, 0.15) is 35.3 Å². The molecule has 4 aromatic rings. The van der Waals surface area contributed by atoms with E-state index >= 15 is 0 Å². The van der Waals surface area contributed by atoms with Crippen molar-refractivity contribution in [2.75, 3.05) is 62.3 Å². The summed E-state index contributed by atoms with van der Waals surface area (Å²) >= 11 is 3.12. The number of aryl methyl sites for hydroxylation is 1. The molecule has 0 unspecified atom stereocenters. The van der Waals surface area contributed by atoms with E-state index in [0.717, 1.165) is 114 Å². The predicted molar refractivity (Wildman–Crippen MR) is 296 cm³/mol. The Morgan fingerprint density at radius 3 is 2.42 bits per heavy atom. The number of carbonyl (C=O) groups excluding carboxylic acids is 4. The molecule has 10 rings (SSSR count). The Kier molecular flexibility index (Phi) is 16.4. The van der Waals surface area contributed by atoms with Gasteiger partial charge in [-0.15, -0.1) is 11.3 Å². The SMILES string of the molecule is CC(=O)N[C@H](C(=O)N1C[C@H](O)C[C@H]1C(=O)NCc1ccc(-c2scnc2C)cc1OC1CCC(C(=O)N2CCC(N3CCOc4c(Sc5cnc(N6CCC7(CC6)CO[C@@H](C)[C@H]7N)cn5)cccc43)CC2)CC1)C(C)(C)C. The van der Waals surface area contributed by atoms with E-state index in [9.17, 15) is 24.3 Å². The Hall–Kier alpha value is -5.54. The Morgan fingerprint density at radius 1 is 0.987 bits per heavy atom. The summed E-state index contributed by atoms with van der Waals surface area (Å²) in [6.45, 7) is 16.4. The third kappa shape index (κ3) is 11.9. The van der Waals surface area contributed by atoms with Crippen LogP contribution in [-0.2, 0) is 30.5 Å². The number of fused-ring (bicyclic) bond motifs is 1. The van der Waals surface area contributed by atoms with Crippen molar-refractivity contribution in [3.8, 4) is 21.9 Å². The van der Waals surface area contributed by atoms with Gasteiger partial charge in [-0.3, -0.25) is 19.2 Å². The first-order valence-corrected chi connectivity index (χ1v) is 29.3. The Bertz CT molecular complexity index is 2770. The molecule has 4 amide bonds. The standard InChI is InChI=1S/C57H76N10O8S2/c1-34-50(76-33-62-34)38-10-11-39(28-61-53(70)44-27-41(69)31-67(44)55(72)52(56(4,5)6)63-36(3)68)45(26-38)75-42-14-12-37(13-15-42)54(71)65-20-16-40(17-21-65)66-24-25-73-49-43(66)8-7-9-46(49)77-48-30-59-47(29-60-48)64-22-18-57(19-23-64)32-74-35(2)51(57)58/h7-11,26,29-30,33,35,37,40-42,44,51-52,69H,12-25,27-28,31-32,58H2,1-6H3,(H,61,70)(H,63,68)/t35-,37?,41+,42?,44-,51+,52+/m0/s1. The van der Waals surface area contributed by atoms with Crippen LogP contribution >= 0.6 is 23.1 Å². The van der Waals surface area contributed by atoms with Crippen LogP contribution in [0.4, 0.5) is 11.5 Å². The lowest BCUT2D eigenvalue weighted by Crippen LogP contribution is -2.57. The highest BCUT2D eigenvalue weighted by molar-refractivity contribution is 7.99. The molecule has 0 radical (unpaired) electrons. The van der Waals surface area contributed by atoms with Gasteiger partial charge in [0.05, 0.1) is 70.5 Å². The first kappa shape index (κ1) is 54.8. The van der Waals surface area contributed by atoms with Gasteiger partial charge >= 0.3 is 0 Å². The van der Waals surface area contributed by atoms with E-state index in [2.05, 4.69) is 55.4 Å². The molecule has 0 bridgehead atoms. The van der Waals surface area contributed by atoms with Crippen LogP contribution < -0.4 is 35.6 Å². The molecule has 5 atom stereocenters. The van der Waals surface area contributed by atoms with Crippen molar-refractivity contribution in [1.82, 2.24) is 35.4 Å². The number of nitrogens with zero attached hydrogens (tertiary/aromatic N) is 7. The number of amides is 4. The molecule has 6 aliphatic rings. The molecular weight excluding hydrogens is 1020 g/mol. The molecule has 2 aromatic heterocycles. The second-order valence-corrected chi connectivity index (χ2v) is 25.1. The van der Waals surface area contributed by atoms with Crippen LogP contribution in [0.5, 0.6) is 11.5 Å². The number of carbonyl (C=O) groups is 4. The van der Waals surface area contributed by atoms with E-state index in [0.29, 0.717) is 38.3 Å². The minimum absolute atomic E-state index is 0.00404. The second-order valence-electron chi connectivity index (χ2n) is 23.2. The van der Waals surface area contributed by atoms with E-state index in [-0.39, 0.29) is 66.9 Å². The largest absolute Gasteiger partial charge is 0.490 e. The van der Waals surface area contributed by atoms with Crippen LogP contribution in [0.3, 0.4) is 0 Å². The number of anilines is 2. The summed E-state index contributed by atoms with van der Waals surface area (Å²) in [4.78, 5) is 78.4. The fourth-order valence-electron chi connectivity index (χ4n) is 12.4. The number of nitrogens with two attached hydrogens (primary N) is 1. The molecule has 5 fully saturated rings. The summed E-state index contributed by atoms with van der Waals surface area (Å²) < 4.78 is 19.1. The van der Waals surface area contributed by atoms with Gasteiger partial charge in [-0.05, 0) is 94.4 Å². The zero-order chi connectivity index (χ0) is 54.2. The van der Waals surface area contributed by atoms with Crippen LogP contribution in [0.1, 0.15) is 104 Å². The number of thiazole rings is 1. The fourth-order valence-corrected chi connectivity index (χ4v) is 14.1. The van der Waals surface area contributed by atoms with Crippen LogP contribution in [0.15, 0.2) is 64.2 Å². The zero-order valence-corrected chi connectivity index (χ0v) is 47.0. The highest BCUT2D eigenvalue weighted by Crippen LogP contribution is 2.45. The number of para-hydroxylation sites is 1. The Morgan fingerprint density at radius 2 is 1.75 bits per heavy atom. The number of aromatic nitrogens is 3. The fraction of sp³-hybridized carbons (Fsp3) is 0.596. The van der Waals surface area contributed by atoms with Crippen molar-refractivity contribution in [3.63, 3.8) is 0 Å². The van der Waals surface area contributed by atoms with Crippen LogP contribution in [0, 0.1) is 23.7 Å². The van der Waals surface area contributed by atoms with Crippen molar-refractivity contribution in [1.29, 1.82) is 0 Å². The minimum Gasteiger partial charge on any atom is -0.490 e. The number of hydrogen-bond acceptors (Lipinski definition) is 16. The topological polar surface area (TPSA) is 218 Å². The normalized spacial score (nSPS) is 25.0. The number of hydrogen-bond donors (Lipinski definition) is 4. The van der Waals surface area contributed by atoms with E-state index in [1.165, 1.54) is 11.8 Å². The summed E-state index contributed by atoms with van der Waals surface area (Å²) in [5.74, 6) is 1.41. The van der Waals surface area contributed by atoms with Gasteiger partial charge in [0.15, 0.2) is 5.75 Å². The summed E-state index contributed by atoms with van der Waals surface area (Å²) in [5, 5.41) is 17.3. The molecule has 1 aliphatic carbocycles. The number of β-amino-alcohol motifs (C(OH)–C–C–N with tert-alkyl or cyclic N) is 1. The third-order valence-corrected chi connectivity index (χ3v) is 18.9. The minimum atomic E-state index is -0.907. The molecule has 5 N–H and O–H groups in total. The van der Waals surface area contributed by atoms with E-state index in [1.807, 2.05) is 63.8 Å². The number of nitrogens with one attached hydrogen (secondary N) is 2. The molecule has 5 aliphatic heterocycles. The summed E-state index contributed by atoms with van der Waals surface area (Å²) in [7, 11) is 0. The van der Waals surface area contributed by atoms with Crippen LogP contribution in [0.25, 0.3) is 10.4 Å². The molecule has 1 spiro atoms. The summed E-state index contributed by atoms with van der Waals surface area (Å²) in [5.41, 5.74) is 11.5. The van der Waals surface area contributed by atoms with Crippen molar-refractivity contribution >= 4 is 58.2 Å². The number of aliphatic hydroxyl groups excluding tert-OH is 1. The lowest BCUT2D eigenvalue weighted by molar-refractivity contribution is -0.143. The highest BCUT2D eigenvalue weighted by atomic mass is 32.2. The molecule has 414 valence electrons. The molecule has 2 aromatic carbocycles. The first-order chi connectivity index (χ1) is 36.9. The number of piperidine rings is 2. The molecule has 20 heteroatoms. The second kappa shape index (κ2) is 23.0. The van der Waals surface area contributed by atoms with Crippen LogP contribution in [-0.4, -0.2) is 148 Å². The van der Waals surface area contributed by atoms with Gasteiger partial charge in [-0.1, -0.05) is 50.7 Å². The van der Waals surface area contributed by atoms with Crippen molar-refractivity contribution in [2.45, 2.75) is 158 Å². The van der Waals surface area contributed by atoms with E-state index in [1.54, 1.807) is 23.1 Å². The molecule has 4 saturated heterocycles. The van der Waals surface area contributed by atoms with Crippen LogP contribution in [0.2, 0.25) is 0 Å². The van der Waals surface area contributed by atoms with Gasteiger partial charge in [-0.25, -0.2) is 15.0 Å². The van der Waals surface area contributed by atoms with Crippen molar-refractivity contribution < 1.29 is 38.5 Å². The molecule has 1 saturated carbocycles. The van der Waals surface area contributed by atoms with Gasteiger partial charge in [0.25, 0.3) is 0 Å². The number of aliphatic hydroxyl groups is 1. The number of rotatable bonds is 13. The van der Waals surface area contributed by atoms with Crippen molar-refractivity contribution in [2.24, 2.45) is 22.5 Å². The van der Waals surface area contributed by atoms with E-state index < -0.39 is 35.4 Å². The van der Waals surface area contributed by atoms with Gasteiger partial charge in [0.2, 0.25) is 23.6 Å². The maximum atomic E-state index is 14.2. The quantitative estimate of drug-likeness (QED) is 0.115. The molecule has 18 nitrogen and oxygen atoms in total. The lowest BCUT2D eigenvalue weighted by Gasteiger charge is -2.43. The lowest BCUT2D eigenvalue weighted by atomic mass is 9.73. The third-order valence-electron chi connectivity index (χ3n) is 17.0. The highest BCUT2D eigenvalue weighted by Gasteiger charge is 2.48. The maximum Gasteiger partial charge on any atom is 0.246 e. The molecule has 7 heterocycles. The van der Waals surface area contributed by atoms with E-state index in [4.69, 9.17) is 29.9 Å². The predicted octanol–water partition coefficient (Wildman–Crippen LogP) is 6.35. The zero-order valence-electron chi connectivity index (χ0n) is 45.4. The van der Waals surface area contributed by atoms with Gasteiger partial charge in [-0.2, -0.15) is 0 Å². The number of benzene rings is 2. The average molecular weight is 1090 g/mol. The maximum absolute atomic E-state index is 14.2. The van der Waals surface area contributed by atoms with Gasteiger partial charge in [0, 0.05) is 81.6 Å². The summed E-state index contributed by atoms with van der Waals surface area (Å²) in [6, 6.07) is 10.9. The first-order valence-electron chi connectivity index (χ1n) is 27.6. The number of likely N-dealkylation sites (tertiary alicyclic amines) is 2. The summed E-state index contributed by atoms with van der Waals surface area (Å²) in [6.07, 6.45) is 9.53. The van der Waals surface area contributed by atoms with Crippen molar-refractivity contribution in [3.05, 3.63) is 65.6 Å².